The summed E-state index contributed by atoms with van der Waals surface area (Å²) in [7, 11) is 0. The first-order chi connectivity index (χ1) is 6.31. The lowest BCUT2D eigenvalue weighted by Crippen LogP contribution is -2.09. The number of hydrogen-bond donors (Lipinski definition) is 0. The highest BCUT2D eigenvalue weighted by Crippen LogP contribution is 1.89. The van der Waals surface area contributed by atoms with Gasteiger partial charge in [0.2, 0.25) is 0 Å². The van der Waals surface area contributed by atoms with Crippen LogP contribution >= 0.6 is 0 Å². The summed E-state index contributed by atoms with van der Waals surface area (Å²) >= 11 is 0. The molecule has 0 fully saturated rings. The second-order valence-corrected chi connectivity index (χ2v) is 2.89. The van der Waals surface area contributed by atoms with Gasteiger partial charge >= 0.3 is 5.97 Å². The van der Waals surface area contributed by atoms with Crippen LogP contribution in [0.15, 0.2) is 4.99 Å². The summed E-state index contributed by atoms with van der Waals surface area (Å²) < 4.78 is 4.91. The number of nitrogens with zero attached hydrogens (tertiary/aromatic N) is 1. The molecule has 0 saturated carbocycles. The predicted molar refractivity (Wildman–Crippen MR) is 54.1 cm³/mol. The van der Waals surface area contributed by atoms with Crippen molar-refractivity contribution in [2.75, 3.05) is 13.2 Å². The number of ether oxygens (including phenoxy) is 1. The molecule has 0 aliphatic heterocycles. The van der Waals surface area contributed by atoms with E-state index < -0.39 is 0 Å². The van der Waals surface area contributed by atoms with Crippen molar-refractivity contribution in [2.45, 2.75) is 39.5 Å². The molecule has 0 amide bonds. The summed E-state index contributed by atoms with van der Waals surface area (Å²) in [6, 6.07) is 0. The van der Waals surface area contributed by atoms with Crippen LogP contribution in [0.5, 0.6) is 0 Å². The van der Waals surface area contributed by atoms with Crippen LogP contribution in [0, 0.1) is 0 Å². The molecule has 13 heavy (non-hydrogen) atoms. The highest BCUT2D eigenvalue weighted by atomic mass is 16.5. The third-order valence-electron chi connectivity index (χ3n) is 1.53. The van der Waals surface area contributed by atoms with E-state index in [1.807, 2.05) is 0 Å². The normalized spacial score (nSPS) is 10.6. The summed E-state index contributed by atoms with van der Waals surface area (Å²) in [5.41, 5.74) is 0. The first kappa shape index (κ1) is 12.1. The maximum absolute atomic E-state index is 10.9. The molecule has 0 aromatic heterocycles. The van der Waals surface area contributed by atoms with Gasteiger partial charge in [0.25, 0.3) is 0 Å². The van der Waals surface area contributed by atoms with Crippen LogP contribution in [-0.2, 0) is 9.53 Å². The van der Waals surface area contributed by atoms with Crippen LogP contribution in [0.1, 0.15) is 39.5 Å². The molecule has 0 N–H and O–H groups in total. The van der Waals surface area contributed by atoms with E-state index in [0.717, 1.165) is 25.7 Å². The molecule has 0 bridgehead atoms. The average Bonchev–Trinajstić information content (AvgIpc) is 2.13. The largest absolute Gasteiger partial charge is 0.464 e. The van der Waals surface area contributed by atoms with Gasteiger partial charge in [-0.25, -0.2) is 0 Å². The number of aliphatic imine (C=N–C) groups is 1. The van der Waals surface area contributed by atoms with E-state index in [4.69, 9.17) is 4.74 Å². The molecule has 0 atom stereocenters. The fourth-order valence-electron chi connectivity index (χ4n) is 0.735. The van der Waals surface area contributed by atoms with Crippen LogP contribution in [0.25, 0.3) is 0 Å². The number of unbranched alkanes of at least 4 members (excludes halogenated alkanes) is 2. The van der Waals surface area contributed by atoms with Crippen molar-refractivity contribution in [3.63, 3.8) is 0 Å². The van der Waals surface area contributed by atoms with E-state index in [1.165, 1.54) is 0 Å². The van der Waals surface area contributed by atoms with Crippen LogP contribution in [-0.4, -0.2) is 25.3 Å². The van der Waals surface area contributed by atoms with Gasteiger partial charge in [-0.15, -0.1) is 0 Å². The van der Waals surface area contributed by atoms with E-state index in [0.29, 0.717) is 6.61 Å². The summed E-state index contributed by atoms with van der Waals surface area (Å²) in [6.45, 7) is 4.83. The van der Waals surface area contributed by atoms with Crippen LogP contribution in [0.2, 0.25) is 0 Å². The molecule has 0 aliphatic carbocycles. The first-order valence-electron chi connectivity index (χ1n) is 4.95. The van der Waals surface area contributed by atoms with Crippen molar-refractivity contribution < 1.29 is 9.53 Å². The minimum absolute atomic E-state index is 0.170. The maximum atomic E-state index is 10.9. The van der Waals surface area contributed by atoms with E-state index in [2.05, 4.69) is 18.8 Å². The Bertz CT molecular complexity index is 155. The number of esters is 1. The molecule has 3 nitrogen and oxygen atoms in total. The molecule has 0 saturated heterocycles. The third-order valence-corrected chi connectivity index (χ3v) is 1.53. The Balaban J connectivity index is 3.29. The van der Waals surface area contributed by atoms with Gasteiger partial charge in [-0.2, -0.15) is 0 Å². The van der Waals surface area contributed by atoms with Crippen molar-refractivity contribution in [1.29, 1.82) is 0 Å². The Morgan fingerprint density at radius 1 is 1.38 bits per heavy atom. The highest BCUT2D eigenvalue weighted by molar-refractivity contribution is 5.74. The Hall–Kier alpha value is -0.860. The van der Waals surface area contributed by atoms with Gasteiger partial charge in [0.05, 0.1) is 6.61 Å². The van der Waals surface area contributed by atoms with Crippen LogP contribution in [0.4, 0.5) is 0 Å². The summed E-state index contributed by atoms with van der Waals surface area (Å²) in [6.07, 6.45) is 5.76. The van der Waals surface area contributed by atoms with Crippen molar-refractivity contribution in [3.05, 3.63) is 0 Å². The Kier molecular flexibility index (Phi) is 8.62. The molecule has 0 heterocycles. The number of rotatable bonds is 7. The Labute approximate surface area is 80.2 Å². The zero-order chi connectivity index (χ0) is 9.94. The molecule has 0 aliphatic rings. The summed E-state index contributed by atoms with van der Waals surface area (Å²) in [5, 5.41) is 0. The molecule has 0 unspecified atom stereocenters. The molecule has 0 aromatic rings. The number of hydrogen-bond acceptors (Lipinski definition) is 3. The lowest BCUT2D eigenvalue weighted by Gasteiger charge is -2.00. The van der Waals surface area contributed by atoms with E-state index in [9.17, 15) is 4.79 Å². The lowest BCUT2D eigenvalue weighted by molar-refractivity contribution is -0.141. The monoisotopic (exact) mass is 185 g/mol. The minimum Gasteiger partial charge on any atom is -0.464 e. The standard InChI is InChI=1S/C10H19NO2/c1-3-5-7-11-9-10(12)13-8-6-4-2/h7H,3-6,8-9H2,1-2H3. The number of carbonyl (C=O) groups is 1. The Morgan fingerprint density at radius 3 is 2.77 bits per heavy atom. The van der Waals surface area contributed by atoms with Gasteiger partial charge in [0.1, 0.15) is 6.54 Å². The average molecular weight is 185 g/mol. The predicted octanol–water partition coefficient (Wildman–Crippen LogP) is 2.20. The summed E-state index contributed by atoms with van der Waals surface area (Å²) in [5.74, 6) is -0.221. The molecule has 0 radical (unpaired) electrons. The third kappa shape index (κ3) is 9.05. The maximum Gasteiger partial charge on any atom is 0.327 e. The molecule has 3 heteroatoms. The fraction of sp³-hybridized carbons (Fsp3) is 0.800. The van der Waals surface area contributed by atoms with Crippen molar-refractivity contribution in [2.24, 2.45) is 4.99 Å². The first-order valence-corrected chi connectivity index (χ1v) is 4.95. The lowest BCUT2D eigenvalue weighted by atomic mass is 10.4. The van der Waals surface area contributed by atoms with Gasteiger partial charge in [0.15, 0.2) is 0 Å². The van der Waals surface area contributed by atoms with Gasteiger partial charge in [-0.05, 0) is 19.1 Å². The number of carbonyl (C=O) groups excluding carboxylic acids is 1. The van der Waals surface area contributed by atoms with Crippen LogP contribution in [0.3, 0.4) is 0 Å². The Morgan fingerprint density at radius 2 is 2.15 bits per heavy atom. The zero-order valence-corrected chi connectivity index (χ0v) is 8.58. The second kappa shape index (κ2) is 9.23. The van der Waals surface area contributed by atoms with Gasteiger partial charge in [-0.1, -0.05) is 26.7 Å². The van der Waals surface area contributed by atoms with Gasteiger partial charge in [0, 0.05) is 0 Å². The van der Waals surface area contributed by atoms with Crippen molar-refractivity contribution in [3.8, 4) is 0 Å². The van der Waals surface area contributed by atoms with E-state index >= 15 is 0 Å². The highest BCUT2D eigenvalue weighted by Gasteiger charge is 1.98. The molecular formula is C10H19NO2. The quantitative estimate of drug-likeness (QED) is 0.346. The molecular weight excluding hydrogens is 166 g/mol. The van der Waals surface area contributed by atoms with Gasteiger partial charge in [-0.3, -0.25) is 9.79 Å². The van der Waals surface area contributed by atoms with Crippen molar-refractivity contribution in [1.82, 2.24) is 0 Å². The topological polar surface area (TPSA) is 38.7 Å². The zero-order valence-electron chi connectivity index (χ0n) is 8.58. The van der Waals surface area contributed by atoms with Gasteiger partial charge < -0.3 is 4.74 Å². The van der Waals surface area contributed by atoms with Crippen molar-refractivity contribution >= 4 is 12.2 Å². The molecule has 0 rings (SSSR count). The summed E-state index contributed by atoms with van der Waals surface area (Å²) in [4.78, 5) is 14.9. The molecule has 0 spiro atoms. The second-order valence-electron chi connectivity index (χ2n) is 2.89. The van der Waals surface area contributed by atoms with E-state index in [1.54, 1.807) is 6.21 Å². The van der Waals surface area contributed by atoms with Crippen LogP contribution < -0.4 is 0 Å². The smallest absolute Gasteiger partial charge is 0.327 e. The molecule has 76 valence electrons. The SMILES string of the molecule is CCCC=NCC(=O)OCCCC. The molecule has 0 aromatic carbocycles. The van der Waals surface area contributed by atoms with E-state index in [-0.39, 0.29) is 12.5 Å². The fourth-order valence-corrected chi connectivity index (χ4v) is 0.735. The minimum atomic E-state index is -0.221.